The second-order valence-corrected chi connectivity index (χ2v) is 2.66. The summed E-state index contributed by atoms with van der Waals surface area (Å²) in [4.78, 5) is 3.28. The molecule has 0 amide bonds. The largest absolute Gasteiger partial charge is 1.00 e. The molecule has 0 N–H and O–H groups in total. The monoisotopic (exact) mass is 216 g/mol. The van der Waals surface area contributed by atoms with Gasteiger partial charge in [-0.3, -0.25) is 0 Å². The van der Waals surface area contributed by atoms with Crippen LogP contribution in [0.4, 0.5) is 13.2 Å². The van der Waals surface area contributed by atoms with Gasteiger partial charge in [0, 0.05) is 6.20 Å². The Balaban J connectivity index is 0.00000169. The summed E-state index contributed by atoms with van der Waals surface area (Å²) in [5.41, 5.74) is -0.845. The smallest absolute Gasteiger partial charge is 0.480 e. The van der Waals surface area contributed by atoms with Crippen molar-refractivity contribution in [3.05, 3.63) is 17.8 Å². The molecule has 1 heterocycles. The van der Waals surface area contributed by atoms with Gasteiger partial charge in [0.25, 0.3) is 0 Å². The predicted molar refractivity (Wildman–Crippen MR) is 43.0 cm³/mol. The predicted octanol–water partition coefficient (Wildman–Crippen LogP) is -0.598. The van der Waals surface area contributed by atoms with Crippen molar-refractivity contribution in [3.8, 4) is 5.88 Å². The van der Waals surface area contributed by atoms with Gasteiger partial charge in [0.2, 0.25) is 5.88 Å². The molecule has 0 bridgehead atoms. The van der Waals surface area contributed by atoms with Gasteiger partial charge in [-0.2, -0.15) is 13.2 Å². The first-order chi connectivity index (χ1) is 5.96. The van der Waals surface area contributed by atoms with E-state index in [0.29, 0.717) is 0 Å². The first-order valence-electron chi connectivity index (χ1n) is 3.26. The standard InChI is InChI=1S/C7H6F3NOS.Li/c1-12-6-5(13)4(2-3-11-6)7(8,9)10;/h2-3,13H,1H3;/q;+1. The van der Waals surface area contributed by atoms with Crippen molar-refractivity contribution in [2.45, 2.75) is 11.1 Å². The number of halogens is 3. The molecule has 1 rings (SSSR count). The van der Waals surface area contributed by atoms with E-state index in [1.165, 1.54) is 7.11 Å². The van der Waals surface area contributed by atoms with Gasteiger partial charge in [-0.05, 0) is 6.07 Å². The fourth-order valence-electron chi connectivity index (χ4n) is 0.813. The van der Waals surface area contributed by atoms with Crippen molar-refractivity contribution in [3.63, 3.8) is 0 Å². The van der Waals surface area contributed by atoms with E-state index in [4.69, 9.17) is 0 Å². The van der Waals surface area contributed by atoms with Crippen LogP contribution in [0, 0.1) is 0 Å². The molecule has 2 nitrogen and oxygen atoms in total. The van der Waals surface area contributed by atoms with Crippen molar-refractivity contribution in [1.82, 2.24) is 4.98 Å². The number of pyridine rings is 1. The summed E-state index contributed by atoms with van der Waals surface area (Å²) in [6.45, 7) is 0. The molecule has 0 atom stereocenters. The normalized spacial score (nSPS) is 10.6. The fraction of sp³-hybridized carbons (Fsp3) is 0.286. The second-order valence-electron chi connectivity index (χ2n) is 2.21. The number of thiol groups is 1. The fourth-order valence-corrected chi connectivity index (χ4v) is 1.16. The van der Waals surface area contributed by atoms with Gasteiger partial charge in [0.05, 0.1) is 17.6 Å². The van der Waals surface area contributed by atoms with E-state index in [0.717, 1.165) is 12.3 Å². The molecule has 0 saturated carbocycles. The van der Waals surface area contributed by atoms with E-state index in [1.807, 2.05) is 0 Å². The number of alkyl halides is 3. The molecule has 7 heteroatoms. The Bertz CT molecular complexity index is 318. The minimum absolute atomic E-state index is 0. The Morgan fingerprint density at radius 1 is 1.43 bits per heavy atom. The average Bonchev–Trinajstić information content (AvgIpc) is 2.02. The molecule has 0 aromatic carbocycles. The van der Waals surface area contributed by atoms with Gasteiger partial charge in [-0.1, -0.05) is 0 Å². The third-order valence-electron chi connectivity index (χ3n) is 1.39. The van der Waals surface area contributed by atoms with E-state index in [9.17, 15) is 13.2 Å². The first kappa shape index (κ1) is 13.7. The number of hydrogen-bond donors (Lipinski definition) is 1. The van der Waals surface area contributed by atoms with E-state index >= 15 is 0 Å². The maximum atomic E-state index is 12.2. The van der Waals surface area contributed by atoms with Crippen LogP contribution in [-0.4, -0.2) is 12.1 Å². The number of ether oxygens (including phenoxy) is 1. The van der Waals surface area contributed by atoms with Crippen LogP contribution >= 0.6 is 12.6 Å². The maximum Gasteiger partial charge on any atom is 1.00 e. The van der Waals surface area contributed by atoms with E-state index < -0.39 is 11.7 Å². The first-order valence-corrected chi connectivity index (χ1v) is 3.70. The molecule has 0 aliphatic carbocycles. The molecule has 0 fully saturated rings. The van der Waals surface area contributed by atoms with Gasteiger partial charge in [0.15, 0.2) is 0 Å². The molecule has 14 heavy (non-hydrogen) atoms. The summed E-state index contributed by atoms with van der Waals surface area (Å²) in [7, 11) is 1.24. The number of nitrogens with zero attached hydrogens (tertiary/aromatic N) is 1. The van der Waals surface area contributed by atoms with E-state index in [1.54, 1.807) is 0 Å². The third-order valence-corrected chi connectivity index (χ3v) is 1.82. The molecule has 0 aliphatic heterocycles. The molecule has 72 valence electrons. The summed E-state index contributed by atoms with van der Waals surface area (Å²) in [5.74, 6) is -0.127. The summed E-state index contributed by atoms with van der Waals surface area (Å²) in [5, 5.41) is 0. The molecular formula is C7H6F3LiNOS+. The number of rotatable bonds is 1. The summed E-state index contributed by atoms with van der Waals surface area (Å²) >= 11 is 3.68. The van der Waals surface area contributed by atoms with E-state index in [-0.39, 0.29) is 29.6 Å². The van der Waals surface area contributed by atoms with Crippen molar-refractivity contribution >= 4 is 12.6 Å². The Morgan fingerprint density at radius 3 is 2.43 bits per heavy atom. The van der Waals surface area contributed by atoms with Gasteiger partial charge in [-0.25, -0.2) is 4.98 Å². The molecule has 0 radical (unpaired) electrons. The van der Waals surface area contributed by atoms with Gasteiger partial charge < -0.3 is 4.74 Å². The summed E-state index contributed by atoms with van der Waals surface area (Å²) in [6.07, 6.45) is -3.39. The second kappa shape index (κ2) is 4.96. The number of methoxy groups -OCH3 is 1. The average molecular weight is 216 g/mol. The Morgan fingerprint density at radius 2 is 2.00 bits per heavy atom. The van der Waals surface area contributed by atoms with Crippen LogP contribution in [0.5, 0.6) is 5.88 Å². The Hall–Kier alpha value is -0.313. The topological polar surface area (TPSA) is 22.1 Å². The zero-order valence-electron chi connectivity index (χ0n) is 7.59. The molecular weight excluding hydrogens is 210 g/mol. The van der Waals surface area contributed by atoms with Crippen LogP contribution in [0.1, 0.15) is 5.56 Å². The van der Waals surface area contributed by atoms with Crippen molar-refractivity contribution in [1.29, 1.82) is 0 Å². The molecule has 0 spiro atoms. The van der Waals surface area contributed by atoms with Crippen LogP contribution < -0.4 is 23.6 Å². The summed E-state index contributed by atoms with van der Waals surface area (Å²) < 4.78 is 41.3. The van der Waals surface area contributed by atoms with Crippen LogP contribution in [0.3, 0.4) is 0 Å². The molecule has 1 aromatic rings. The quantitative estimate of drug-likeness (QED) is 0.500. The van der Waals surface area contributed by atoms with E-state index in [2.05, 4.69) is 22.3 Å². The molecule has 0 aliphatic rings. The van der Waals surface area contributed by atoms with Crippen molar-refractivity contribution < 1.29 is 36.8 Å². The van der Waals surface area contributed by atoms with Crippen molar-refractivity contribution in [2.24, 2.45) is 0 Å². The van der Waals surface area contributed by atoms with Crippen LogP contribution in [0.2, 0.25) is 0 Å². The molecule has 1 aromatic heterocycles. The minimum atomic E-state index is -4.42. The zero-order valence-corrected chi connectivity index (χ0v) is 8.49. The zero-order chi connectivity index (χ0) is 10.1. The maximum absolute atomic E-state index is 12.2. The Kier molecular flexibility index (Phi) is 4.85. The molecule has 0 unspecified atom stereocenters. The molecule has 0 saturated heterocycles. The van der Waals surface area contributed by atoms with Crippen LogP contribution in [-0.2, 0) is 6.18 Å². The number of aromatic nitrogens is 1. The van der Waals surface area contributed by atoms with Crippen LogP contribution in [0.15, 0.2) is 17.2 Å². The Labute approximate surface area is 96.4 Å². The SMILES string of the molecule is COc1nccc(C(F)(F)F)c1S.[Li+]. The van der Waals surface area contributed by atoms with Gasteiger partial charge >= 0.3 is 25.0 Å². The number of hydrogen-bond acceptors (Lipinski definition) is 3. The summed E-state index contributed by atoms with van der Waals surface area (Å²) in [6, 6.07) is 0.852. The van der Waals surface area contributed by atoms with Gasteiger partial charge in [-0.15, -0.1) is 12.6 Å². The van der Waals surface area contributed by atoms with Crippen molar-refractivity contribution in [2.75, 3.05) is 7.11 Å². The van der Waals surface area contributed by atoms with Crippen LogP contribution in [0.25, 0.3) is 0 Å². The minimum Gasteiger partial charge on any atom is -0.480 e. The third kappa shape index (κ3) is 2.84. The van der Waals surface area contributed by atoms with Gasteiger partial charge in [0.1, 0.15) is 0 Å².